The minimum absolute atomic E-state index is 0.216. The van der Waals surface area contributed by atoms with Crippen molar-refractivity contribution in [2.24, 2.45) is 12.8 Å². The third-order valence-electron chi connectivity index (χ3n) is 4.35. The van der Waals surface area contributed by atoms with Gasteiger partial charge in [-0.1, -0.05) is 35.9 Å². The van der Waals surface area contributed by atoms with Gasteiger partial charge in [0.25, 0.3) is 0 Å². The van der Waals surface area contributed by atoms with Crippen molar-refractivity contribution in [1.29, 1.82) is 0 Å². The Kier molecular flexibility index (Phi) is 3.35. The van der Waals surface area contributed by atoms with Gasteiger partial charge in [-0.2, -0.15) is 5.10 Å². The van der Waals surface area contributed by atoms with Crippen LogP contribution in [0.2, 0.25) is 5.15 Å². The number of halogens is 1. The zero-order chi connectivity index (χ0) is 14.3. The van der Waals surface area contributed by atoms with Crippen LogP contribution in [0, 0.1) is 6.92 Å². The van der Waals surface area contributed by atoms with Crippen LogP contribution in [0.4, 0.5) is 0 Å². The van der Waals surface area contributed by atoms with E-state index in [0.717, 1.165) is 36.9 Å². The number of hydrogen-bond donors (Lipinski definition) is 1. The van der Waals surface area contributed by atoms with Gasteiger partial charge in [-0.3, -0.25) is 4.68 Å². The molecule has 0 bridgehead atoms. The number of aryl methyl sites for hydroxylation is 3. The zero-order valence-electron chi connectivity index (χ0n) is 12.0. The van der Waals surface area contributed by atoms with Crippen molar-refractivity contribution in [3.05, 3.63) is 51.8 Å². The van der Waals surface area contributed by atoms with Gasteiger partial charge in [-0.25, -0.2) is 0 Å². The summed E-state index contributed by atoms with van der Waals surface area (Å²) in [6, 6.07) is 8.59. The molecule has 0 radical (unpaired) electrons. The van der Waals surface area contributed by atoms with Gasteiger partial charge in [-0.05, 0) is 43.7 Å². The van der Waals surface area contributed by atoms with E-state index < -0.39 is 0 Å². The summed E-state index contributed by atoms with van der Waals surface area (Å²) in [6.07, 6.45) is 3.74. The van der Waals surface area contributed by atoms with Gasteiger partial charge in [0.05, 0.1) is 5.69 Å². The molecule has 1 aliphatic rings. The lowest BCUT2D eigenvalue weighted by Crippen LogP contribution is -2.47. The summed E-state index contributed by atoms with van der Waals surface area (Å²) in [5, 5.41) is 5.09. The van der Waals surface area contributed by atoms with Crippen LogP contribution in [0.3, 0.4) is 0 Å². The van der Waals surface area contributed by atoms with E-state index in [1.54, 1.807) is 4.68 Å². The number of hydrogen-bond acceptors (Lipinski definition) is 2. The lowest BCUT2D eigenvalue weighted by Gasteiger charge is -2.35. The molecule has 1 aromatic heterocycles. The molecule has 2 aromatic rings. The molecule has 3 nitrogen and oxygen atoms in total. The Morgan fingerprint density at radius 1 is 1.35 bits per heavy atom. The van der Waals surface area contributed by atoms with E-state index >= 15 is 0 Å². The molecular formula is C16H20ClN3. The van der Waals surface area contributed by atoms with Gasteiger partial charge in [0.15, 0.2) is 0 Å². The van der Waals surface area contributed by atoms with E-state index in [0.29, 0.717) is 5.15 Å². The smallest absolute Gasteiger partial charge is 0.130 e. The second kappa shape index (κ2) is 4.90. The molecular weight excluding hydrogens is 270 g/mol. The molecule has 106 valence electrons. The summed E-state index contributed by atoms with van der Waals surface area (Å²) in [5.41, 5.74) is 11.3. The number of aromatic nitrogens is 2. The maximum absolute atomic E-state index is 6.66. The minimum atomic E-state index is -0.216. The Bertz CT molecular complexity index is 647. The normalized spacial score (nSPS) is 21.8. The first kappa shape index (κ1) is 13.7. The van der Waals surface area contributed by atoms with E-state index in [2.05, 4.69) is 29.4 Å². The van der Waals surface area contributed by atoms with E-state index in [1.807, 2.05) is 14.0 Å². The molecule has 1 unspecified atom stereocenters. The SMILES string of the molecule is Cc1nn(C)c(Cl)c1CC1(N)CCc2ccccc2C1. The molecule has 0 aliphatic heterocycles. The van der Waals surface area contributed by atoms with E-state index in [9.17, 15) is 0 Å². The van der Waals surface area contributed by atoms with Crippen molar-refractivity contribution in [2.45, 2.75) is 38.1 Å². The van der Waals surface area contributed by atoms with Crippen LogP contribution in [0.25, 0.3) is 0 Å². The summed E-state index contributed by atoms with van der Waals surface area (Å²) in [7, 11) is 1.87. The highest BCUT2D eigenvalue weighted by molar-refractivity contribution is 6.30. The van der Waals surface area contributed by atoms with E-state index in [1.165, 1.54) is 11.1 Å². The van der Waals surface area contributed by atoms with Gasteiger partial charge >= 0.3 is 0 Å². The topological polar surface area (TPSA) is 43.8 Å². The fourth-order valence-corrected chi connectivity index (χ4v) is 3.44. The maximum Gasteiger partial charge on any atom is 0.130 e. The highest BCUT2D eigenvalue weighted by Gasteiger charge is 2.32. The summed E-state index contributed by atoms with van der Waals surface area (Å²) in [5.74, 6) is 0. The first-order valence-electron chi connectivity index (χ1n) is 7.02. The molecule has 1 aliphatic carbocycles. The Morgan fingerprint density at radius 3 is 2.70 bits per heavy atom. The quantitative estimate of drug-likeness (QED) is 0.924. The lowest BCUT2D eigenvalue weighted by atomic mass is 9.75. The predicted octanol–water partition coefficient (Wildman–Crippen LogP) is 2.81. The maximum atomic E-state index is 6.66. The fourth-order valence-electron chi connectivity index (χ4n) is 3.20. The number of rotatable bonds is 2. The van der Waals surface area contributed by atoms with Gasteiger partial charge in [-0.15, -0.1) is 0 Å². The van der Waals surface area contributed by atoms with Crippen molar-refractivity contribution in [3.63, 3.8) is 0 Å². The van der Waals surface area contributed by atoms with Crippen LogP contribution in [0.5, 0.6) is 0 Å². The van der Waals surface area contributed by atoms with Crippen molar-refractivity contribution < 1.29 is 0 Å². The Hall–Kier alpha value is -1.32. The van der Waals surface area contributed by atoms with Crippen LogP contribution in [-0.2, 0) is 26.3 Å². The molecule has 2 N–H and O–H groups in total. The molecule has 1 aromatic carbocycles. The van der Waals surface area contributed by atoms with Gasteiger partial charge in [0, 0.05) is 18.2 Å². The van der Waals surface area contributed by atoms with Gasteiger partial charge in [0.1, 0.15) is 5.15 Å². The molecule has 0 amide bonds. The predicted molar refractivity (Wildman–Crippen MR) is 82.0 cm³/mol. The number of nitrogens with two attached hydrogens (primary N) is 1. The first-order chi connectivity index (χ1) is 9.48. The molecule has 1 heterocycles. The second-order valence-corrected chi connectivity index (χ2v) is 6.32. The minimum Gasteiger partial charge on any atom is -0.324 e. The summed E-state index contributed by atoms with van der Waals surface area (Å²) in [4.78, 5) is 0. The number of nitrogens with zero attached hydrogens (tertiary/aromatic N) is 2. The lowest BCUT2D eigenvalue weighted by molar-refractivity contribution is 0.369. The van der Waals surface area contributed by atoms with Crippen molar-refractivity contribution in [1.82, 2.24) is 9.78 Å². The fraction of sp³-hybridized carbons (Fsp3) is 0.438. The standard InChI is InChI=1S/C16H20ClN3/c1-11-14(15(17)20(2)19-11)10-16(18)8-7-12-5-3-4-6-13(12)9-16/h3-6H,7-10,18H2,1-2H3. The molecule has 1 atom stereocenters. The molecule has 3 rings (SSSR count). The van der Waals surface area contributed by atoms with Gasteiger partial charge in [0.2, 0.25) is 0 Å². The van der Waals surface area contributed by atoms with E-state index in [4.69, 9.17) is 17.3 Å². The van der Waals surface area contributed by atoms with Crippen molar-refractivity contribution >= 4 is 11.6 Å². The van der Waals surface area contributed by atoms with Crippen LogP contribution < -0.4 is 5.73 Å². The Morgan fingerprint density at radius 2 is 2.05 bits per heavy atom. The molecule has 0 spiro atoms. The van der Waals surface area contributed by atoms with E-state index in [-0.39, 0.29) is 5.54 Å². The second-order valence-electron chi connectivity index (χ2n) is 5.96. The molecule has 0 saturated carbocycles. The number of benzene rings is 1. The average molecular weight is 290 g/mol. The molecule has 0 fully saturated rings. The Balaban J connectivity index is 1.88. The average Bonchev–Trinajstić information content (AvgIpc) is 2.65. The molecule has 4 heteroatoms. The highest BCUT2D eigenvalue weighted by Crippen LogP contribution is 2.32. The van der Waals surface area contributed by atoms with Crippen LogP contribution in [0.1, 0.15) is 28.8 Å². The van der Waals surface area contributed by atoms with Crippen LogP contribution in [-0.4, -0.2) is 15.3 Å². The summed E-state index contributed by atoms with van der Waals surface area (Å²) in [6.45, 7) is 2.00. The summed E-state index contributed by atoms with van der Waals surface area (Å²) >= 11 is 6.34. The third kappa shape index (κ3) is 2.36. The first-order valence-corrected chi connectivity index (χ1v) is 7.40. The highest BCUT2D eigenvalue weighted by atomic mass is 35.5. The number of fused-ring (bicyclic) bond motifs is 1. The zero-order valence-corrected chi connectivity index (χ0v) is 12.7. The van der Waals surface area contributed by atoms with Crippen molar-refractivity contribution in [2.75, 3.05) is 0 Å². The molecule has 20 heavy (non-hydrogen) atoms. The van der Waals surface area contributed by atoms with Crippen LogP contribution in [0.15, 0.2) is 24.3 Å². The largest absolute Gasteiger partial charge is 0.324 e. The van der Waals surface area contributed by atoms with Crippen LogP contribution >= 0.6 is 11.6 Å². The Labute approximate surface area is 124 Å². The van der Waals surface area contributed by atoms with Crippen molar-refractivity contribution in [3.8, 4) is 0 Å². The molecule has 0 saturated heterocycles. The monoisotopic (exact) mass is 289 g/mol. The summed E-state index contributed by atoms with van der Waals surface area (Å²) < 4.78 is 1.73. The van der Waals surface area contributed by atoms with Gasteiger partial charge < -0.3 is 5.73 Å². The third-order valence-corrected chi connectivity index (χ3v) is 4.82.